The summed E-state index contributed by atoms with van der Waals surface area (Å²) in [5.41, 5.74) is 10.4. The van der Waals surface area contributed by atoms with Crippen LogP contribution in [0.3, 0.4) is 0 Å². The van der Waals surface area contributed by atoms with Gasteiger partial charge in [0.2, 0.25) is 0 Å². The molecule has 2 N–H and O–H groups in total. The second-order valence-corrected chi connectivity index (χ2v) is 18.0. The first kappa shape index (κ1) is 28.4. The number of anilines is 1. The van der Waals surface area contributed by atoms with Gasteiger partial charge in [-0.1, -0.05) is 13.3 Å². The van der Waals surface area contributed by atoms with E-state index in [1.807, 2.05) is 42.5 Å². The van der Waals surface area contributed by atoms with Gasteiger partial charge in [-0.25, -0.2) is 0 Å². The molecule has 8 saturated carbocycles. The monoisotopic (exact) mass is 667 g/mol. The standard InChI is InChI=1S/C24H39P.C12H10N.ClH.Pd/c1-2-3-24(25,22-10-16-4-17(11-22)6-18(5-16)12-22)23-13-19-7-20(14-23)9-21(8-19)15-23;13-12-9-5-4-8-11(12)10-6-2-1-3-7-10;;/h16-21H,2-15,25H2,1H3;1-6,8-9H,13H2;1H;/q;;;+1/p-1. The molecule has 8 aliphatic rings. The first-order valence-electron chi connectivity index (χ1n) is 16.3. The number of halogens is 1. The van der Waals surface area contributed by atoms with Crippen LogP contribution in [0.5, 0.6) is 0 Å². The fraction of sp³-hybridized carbons (Fsp3) is 0.667. The molecule has 220 valence electrons. The van der Waals surface area contributed by atoms with Gasteiger partial charge in [0, 0.05) is 0 Å². The van der Waals surface area contributed by atoms with Crippen LogP contribution < -0.4 is 9.77 Å². The van der Waals surface area contributed by atoms with Gasteiger partial charge >= 0.3 is 102 Å². The Kier molecular flexibility index (Phi) is 7.78. The third-order valence-electron chi connectivity index (χ3n) is 12.8. The first-order valence-corrected chi connectivity index (χ1v) is 19.6. The zero-order chi connectivity index (χ0) is 27.5. The first-order chi connectivity index (χ1) is 19.4. The Hall–Kier alpha value is -0.378. The summed E-state index contributed by atoms with van der Waals surface area (Å²) in [5, 5.41) is 0.584. The van der Waals surface area contributed by atoms with E-state index in [1.165, 1.54) is 12.8 Å². The van der Waals surface area contributed by atoms with Crippen LogP contribution in [0.4, 0.5) is 5.69 Å². The summed E-state index contributed by atoms with van der Waals surface area (Å²) in [7, 11) is 9.64. The predicted molar refractivity (Wildman–Crippen MR) is 170 cm³/mol. The summed E-state index contributed by atoms with van der Waals surface area (Å²) in [6.45, 7) is 2.49. The minimum atomic E-state index is 0.0778. The molecule has 0 amide bonds. The Labute approximate surface area is 257 Å². The second kappa shape index (κ2) is 11.0. The summed E-state index contributed by atoms with van der Waals surface area (Å²) in [6.07, 6.45) is 22.2. The number of hydrogen-bond acceptors (Lipinski definition) is 1. The van der Waals surface area contributed by atoms with E-state index in [9.17, 15) is 0 Å². The van der Waals surface area contributed by atoms with E-state index in [1.54, 1.807) is 77.0 Å². The molecule has 0 saturated heterocycles. The van der Waals surface area contributed by atoms with Crippen LogP contribution in [0.2, 0.25) is 0 Å². The van der Waals surface area contributed by atoms with Gasteiger partial charge in [0.15, 0.2) is 0 Å². The molecule has 8 bridgehead atoms. The molecular formula is C36H49ClNPPd. The fourth-order valence-corrected chi connectivity index (χ4v) is 14.6. The van der Waals surface area contributed by atoms with E-state index in [0.29, 0.717) is 16.0 Å². The molecule has 40 heavy (non-hydrogen) atoms. The van der Waals surface area contributed by atoms with Gasteiger partial charge < -0.3 is 0 Å². The van der Waals surface area contributed by atoms with Crippen LogP contribution >= 0.6 is 18.8 Å². The molecule has 2 aromatic rings. The number of benzene rings is 2. The molecule has 0 aromatic heterocycles. The molecule has 2 aromatic carbocycles. The van der Waals surface area contributed by atoms with Crippen molar-refractivity contribution in [3.05, 3.63) is 48.5 Å². The maximum absolute atomic E-state index is 5.94. The van der Waals surface area contributed by atoms with Crippen molar-refractivity contribution in [3.63, 3.8) is 0 Å². The van der Waals surface area contributed by atoms with E-state index >= 15 is 0 Å². The number of nitrogens with two attached hydrogens (primary N) is 1. The van der Waals surface area contributed by atoms with Gasteiger partial charge in [-0.2, -0.15) is 0 Å². The Morgan fingerprint density at radius 1 is 0.725 bits per heavy atom. The van der Waals surface area contributed by atoms with Gasteiger partial charge in [0.05, 0.1) is 0 Å². The Morgan fingerprint density at radius 2 is 1.12 bits per heavy atom. The fourth-order valence-electron chi connectivity index (χ4n) is 12.3. The van der Waals surface area contributed by atoms with Crippen molar-refractivity contribution in [1.82, 2.24) is 0 Å². The topological polar surface area (TPSA) is 26.0 Å². The molecule has 0 spiro atoms. The number of nitrogen functional groups attached to an aromatic ring is 1. The summed E-state index contributed by atoms with van der Waals surface area (Å²) in [6, 6.07) is 16.0. The van der Waals surface area contributed by atoms with Crippen molar-refractivity contribution in [1.29, 1.82) is 0 Å². The predicted octanol–water partition coefficient (Wildman–Crippen LogP) is 9.63. The second-order valence-electron chi connectivity index (χ2n) is 15.2. The van der Waals surface area contributed by atoms with Crippen molar-refractivity contribution in [2.75, 3.05) is 5.73 Å². The molecule has 1 nitrogen and oxygen atoms in total. The minimum absolute atomic E-state index is 0.0778. The van der Waals surface area contributed by atoms with Crippen molar-refractivity contribution >= 4 is 28.5 Å². The van der Waals surface area contributed by atoms with E-state index < -0.39 is 0 Å². The SMILES string of the molecule is CCCC(P)(C12CC3CC(CC(C3)C1)C2)C12CC3CC(CC(C3)C1)C2.Nc1ccccc1-c1cccc[c]1[Pd][Cl]. The van der Waals surface area contributed by atoms with Crippen LogP contribution in [-0.2, 0) is 17.0 Å². The third-order valence-corrected chi connectivity index (χ3v) is 16.0. The Bertz CT molecular complexity index is 1110. The number of para-hydroxylation sites is 1. The molecule has 0 aliphatic heterocycles. The van der Waals surface area contributed by atoms with Crippen LogP contribution in [-0.4, -0.2) is 5.16 Å². The average molecular weight is 669 g/mol. The molecule has 4 heteroatoms. The van der Waals surface area contributed by atoms with Gasteiger partial charge in [0.1, 0.15) is 0 Å². The van der Waals surface area contributed by atoms with E-state index in [-0.39, 0.29) is 17.0 Å². The number of rotatable bonds is 6. The summed E-state index contributed by atoms with van der Waals surface area (Å²) < 4.78 is 1.16. The molecule has 8 fully saturated rings. The third kappa shape index (κ3) is 4.70. The van der Waals surface area contributed by atoms with Gasteiger partial charge in [-0.3, -0.25) is 0 Å². The van der Waals surface area contributed by atoms with Gasteiger partial charge in [-0.15, -0.1) is 9.24 Å². The van der Waals surface area contributed by atoms with Crippen molar-refractivity contribution < 1.29 is 17.0 Å². The van der Waals surface area contributed by atoms with Gasteiger partial charge in [-0.05, 0) is 135 Å². The quantitative estimate of drug-likeness (QED) is 0.185. The average Bonchev–Trinajstić information content (AvgIpc) is 2.92. The van der Waals surface area contributed by atoms with Crippen LogP contribution in [0.1, 0.15) is 96.8 Å². The molecule has 1 atom stereocenters. The maximum atomic E-state index is 5.94. The molecular weight excluding hydrogens is 619 g/mol. The van der Waals surface area contributed by atoms with E-state index in [0.717, 1.165) is 56.4 Å². The van der Waals surface area contributed by atoms with Crippen molar-refractivity contribution in [3.8, 4) is 11.1 Å². The van der Waals surface area contributed by atoms with Crippen LogP contribution in [0.15, 0.2) is 48.5 Å². The molecule has 10 rings (SSSR count). The molecule has 0 radical (unpaired) electrons. The Balaban J connectivity index is 0.000000152. The number of hydrogen-bond donors (Lipinski definition) is 1. The molecule has 0 heterocycles. The zero-order valence-electron chi connectivity index (χ0n) is 24.3. The van der Waals surface area contributed by atoms with Crippen molar-refractivity contribution in [2.24, 2.45) is 46.3 Å². The summed E-state index contributed by atoms with van der Waals surface area (Å²) in [4.78, 5) is 0. The van der Waals surface area contributed by atoms with Crippen LogP contribution in [0, 0.1) is 46.3 Å². The zero-order valence-corrected chi connectivity index (χ0v) is 27.8. The van der Waals surface area contributed by atoms with E-state index in [2.05, 4.69) is 22.2 Å². The van der Waals surface area contributed by atoms with E-state index in [4.69, 9.17) is 15.3 Å². The Morgan fingerprint density at radius 3 is 1.52 bits per heavy atom. The van der Waals surface area contributed by atoms with Gasteiger partial charge in [0.25, 0.3) is 0 Å². The van der Waals surface area contributed by atoms with Crippen molar-refractivity contribution in [2.45, 2.75) is 102 Å². The summed E-state index contributed by atoms with van der Waals surface area (Å²) >= 11 is 0.0778. The van der Waals surface area contributed by atoms with Crippen LogP contribution in [0.25, 0.3) is 11.1 Å². The molecule has 1 unspecified atom stereocenters. The molecule has 8 aliphatic carbocycles. The summed E-state index contributed by atoms with van der Waals surface area (Å²) in [5.74, 6) is 6.65. The normalized spacial score (nSPS) is 40.1.